The van der Waals surface area contributed by atoms with Gasteiger partial charge in [0.1, 0.15) is 23.4 Å². The summed E-state index contributed by atoms with van der Waals surface area (Å²) in [6, 6.07) is 4.43. The first-order chi connectivity index (χ1) is 16.5. The van der Waals surface area contributed by atoms with Gasteiger partial charge in [-0.05, 0) is 51.3 Å². The van der Waals surface area contributed by atoms with Gasteiger partial charge in [0, 0.05) is 18.8 Å². The smallest absolute Gasteiger partial charge is 0.408 e. The predicted molar refractivity (Wildman–Crippen MR) is 142 cm³/mol. The molecule has 9 heteroatoms. The van der Waals surface area contributed by atoms with E-state index in [0.717, 1.165) is 32.1 Å². The van der Waals surface area contributed by atoms with Crippen LogP contribution in [0.4, 0.5) is 4.79 Å². The first-order valence-corrected chi connectivity index (χ1v) is 13.1. The van der Waals surface area contributed by atoms with Gasteiger partial charge in [-0.25, -0.2) is 4.79 Å². The number of aromatic hydroxyl groups is 1. The summed E-state index contributed by atoms with van der Waals surface area (Å²) in [7, 11) is 0. The minimum atomic E-state index is -0.984. The Morgan fingerprint density at radius 1 is 1.09 bits per heavy atom. The van der Waals surface area contributed by atoms with Crippen molar-refractivity contribution in [2.24, 2.45) is 0 Å². The Labute approximate surface area is 215 Å². The van der Waals surface area contributed by atoms with Crippen LogP contribution in [-0.4, -0.2) is 58.4 Å². The third-order valence-corrected chi connectivity index (χ3v) is 5.65. The van der Waals surface area contributed by atoms with Gasteiger partial charge in [-0.1, -0.05) is 51.7 Å². The van der Waals surface area contributed by atoms with Crippen molar-refractivity contribution >= 4 is 30.5 Å². The van der Waals surface area contributed by atoms with Crippen LogP contribution in [-0.2, 0) is 14.3 Å². The fourth-order valence-electron chi connectivity index (χ4n) is 3.56. The number of hydrogen-bond acceptors (Lipinski definition) is 6. The van der Waals surface area contributed by atoms with Gasteiger partial charge in [0.25, 0.3) is 0 Å². The summed E-state index contributed by atoms with van der Waals surface area (Å²) in [4.78, 5) is 41.0. The number of amides is 3. The van der Waals surface area contributed by atoms with Crippen LogP contribution < -0.4 is 10.6 Å². The number of unbranched alkanes of at least 4 members (excludes halogenated alkanes) is 4. The van der Waals surface area contributed by atoms with Gasteiger partial charge >= 0.3 is 6.09 Å². The van der Waals surface area contributed by atoms with E-state index in [1.54, 1.807) is 32.9 Å². The second-order valence-electron chi connectivity index (χ2n) is 9.62. The second kappa shape index (κ2) is 15.5. The molecule has 0 aliphatic carbocycles. The van der Waals surface area contributed by atoms with E-state index in [4.69, 9.17) is 4.74 Å². The van der Waals surface area contributed by atoms with Crippen LogP contribution in [0.1, 0.15) is 84.7 Å². The number of rotatable bonds is 14. The number of alkyl carbamates (subject to hydrolysis) is 1. The Bertz CT molecular complexity index is 812. The molecule has 0 aliphatic rings. The molecule has 2 unspecified atom stereocenters. The second-order valence-corrected chi connectivity index (χ2v) is 9.98. The Morgan fingerprint density at radius 3 is 2.34 bits per heavy atom. The van der Waals surface area contributed by atoms with Crippen LogP contribution in [0, 0.1) is 0 Å². The summed E-state index contributed by atoms with van der Waals surface area (Å²) in [6.07, 6.45) is 4.63. The molecule has 0 spiro atoms. The van der Waals surface area contributed by atoms with Crippen molar-refractivity contribution < 1.29 is 24.2 Å². The van der Waals surface area contributed by atoms with Gasteiger partial charge in [-0.2, -0.15) is 12.6 Å². The molecule has 1 rings (SSSR count). The van der Waals surface area contributed by atoms with Gasteiger partial charge in [-0.15, -0.1) is 0 Å². The van der Waals surface area contributed by atoms with Gasteiger partial charge < -0.3 is 25.4 Å². The average Bonchev–Trinajstić information content (AvgIpc) is 2.78. The highest BCUT2D eigenvalue weighted by molar-refractivity contribution is 7.80. The van der Waals surface area contributed by atoms with E-state index in [1.807, 2.05) is 6.92 Å². The van der Waals surface area contributed by atoms with E-state index in [0.29, 0.717) is 25.1 Å². The van der Waals surface area contributed by atoms with Crippen molar-refractivity contribution in [1.29, 1.82) is 0 Å². The maximum atomic E-state index is 13.7. The Kier molecular flexibility index (Phi) is 13.6. The van der Waals surface area contributed by atoms with Gasteiger partial charge in [0.2, 0.25) is 11.8 Å². The maximum Gasteiger partial charge on any atom is 0.408 e. The molecule has 3 amide bonds. The van der Waals surface area contributed by atoms with Crippen LogP contribution in [0.25, 0.3) is 0 Å². The van der Waals surface area contributed by atoms with E-state index in [-0.39, 0.29) is 17.4 Å². The van der Waals surface area contributed by atoms with Crippen molar-refractivity contribution in [3.8, 4) is 5.75 Å². The SMILES string of the molecule is CCCCCCN(C(=O)C(CS)NC(=O)OC(C)(C)C)C(C(=O)NCCCC)c1cccc(O)c1. The number of ether oxygens (including phenoxy) is 1. The molecule has 0 aromatic heterocycles. The summed E-state index contributed by atoms with van der Waals surface area (Å²) in [5.41, 5.74) is -0.227. The van der Waals surface area contributed by atoms with Crippen molar-refractivity contribution in [2.75, 3.05) is 18.8 Å². The van der Waals surface area contributed by atoms with Crippen LogP contribution in [0.5, 0.6) is 5.75 Å². The molecule has 0 fully saturated rings. The summed E-state index contributed by atoms with van der Waals surface area (Å²) in [6.45, 7) is 10.1. The van der Waals surface area contributed by atoms with Crippen LogP contribution >= 0.6 is 12.6 Å². The number of benzene rings is 1. The Balaban J connectivity index is 3.32. The van der Waals surface area contributed by atoms with E-state index < -0.39 is 29.7 Å². The molecular formula is C26H43N3O5S. The molecule has 1 aromatic rings. The lowest BCUT2D eigenvalue weighted by molar-refractivity contribution is -0.142. The highest BCUT2D eigenvalue weighted by atomic mass is 32.1. The summed E-state index contributed by atoms with van der Waals surface area (Å²) in [5.74, 6) is -0.720. The number of carbonyl (C=O) groups excluding carboxylic acids is 3. The van der Waals surface area contributed by atoms with Crippen LogP contribution in [0.15, 0.2) is 24.3 Å². The molecule has 35 heavy (non-hydrogen) atoms. The van der Waals surface area contributed by atoms with E-state index in [9.17, 15) is 19.5 Å². The third kappa shape index (κ3) is 11.2. The highest BCUT2D eigenvalue weighted by Gasteiger charge is 2.35. The zero-order chi connectivity index (χ0) is 26.4. The fourth-order valence-corrected chi connectivity index (χ4v) is 3.81. The van der Waals surface area contributed by atoms with E-state index in [2.05, 4.69) is 30.2 Å². The Hall–Kier alpha value is -2.42. The monoisotopic (exact) mass is 509 g/mol. The summed E-state index contributed by atoms with van der Waals surface area (Å²) in [5, 5.41) is 15.6. The first kappa shape index (κ1) is 30.6. The summed E-state index contributed by atoms with van der Waals surface area (Å²) >= 11 is 4.29. The number of hydrogen-bond donors (Lipinski definition) is 4. The number of phenols is 1. The van der Waals surface area contributed by atoms with Crippen molar-refractivity contribution in [1.82, 2.24) is 15.5 Å². The fraction of sp³-hybridized carbons (Fsp3) is 0.654. The number of nitrogens with zero attached hydrogens (tertiary/aromatic N) is 1. The van der Waals surface area contributed by atoms with E-state index in [1.165, 1.54) is 17.0 Å². The molecule has 198 valence electrons. The predicted octanol–water partition coefficient (Wildman–Crippen LogP) is 4.58. The number of carbonyl (C=O) groups is 3. The quantitative estimate of drug-likeness (QED) is 0.217. The molecule has 0 radical (unpaired) electrons. The number of thiol groups is 1. The van der Waals surface area contributed by atoms with Crippen LogP contribution in [0.2, 0.25) is 0 Å². The highest BCUT2D eigenvalue weighted by Crippen LogP contribution is 2.26. The number of nitrogens with one attached hydrogen (secondary N) is 2. The normalized spacial score (nSPS) is 13.0. The summed E-state index contributed by atoms with van der Waals surface area (Å²) < 4.78 is 5.32. The van der Waals surface area contributed by atoms with Crippen molar-refractivity contribution in [3.05, 3.63) is 29.8 Å². The van der Waals surface area contributed by atoms with Crippen LogP contribution in [0.3, 0.4) is 0 Å². The topological polar surface area (TPSA) is 108 Å². The molecule has 0 saturated carbocycles. The number of phenolic OH excluding ortho intramolecular Hbond substituents is 1. The molecule has 0 bridgehead atoms. The standard InChI is InChI=1S/C26H43N3O5S/c1-6-8-10-11-16-29(24(32)21(18-35)28-25(33)34-26(3,4)5)22(23(31)27-15-9-7-2)19-13-12-14-20(30)17-19/h12-14,17,21-22,30,35H,6-11,15-16,18H2,1-5H3,(H,27,31)(H,28,33). The molecule has 1 aromatic carbocycles. The molecule has 0 aliphatic heterocycles. The zero-order valence-electron chi connectivity index (χ0n) is 21.8. The molecule has 3 N–H and O–H groups in total. The Morgan fingerprint density at radius 2 is 1.77 bits per heavy atom. The zero-order valence-corrected chi connectivity index (χ0v) is 22.7. The van der Waals surface area contributed by atoms with Crippen molar-refractivity contribution in [3.63, 3.8) is 0 Å². The lowest BCUT2D eigenvalue weighted by Crippen LogP contribution is -2.54. The van der Waals surface area contributed by atoms with Crippen molar-refractivity contribution in [2.45, 2.75) is 90.8 Å². The molecular weight excluding hydrogens is 466 g/mol. The third-order valence-electron chi connectivity index (χ3n) is 5.28. The minimum Gasteiger partial charge on any atom is -0.508 e. The average molecular weight is 510 g/mol. The lowest BCUT2D eigenvalue weighted by atomic mass is 10.0. The first-order valence-electron chi connectivity index (χ1n) is 12.5. The molecule has 0 heterocycles. The largest absolute Gasteiger partial charge is 0.508 e. The molecule has 8 nitrogen and oxygen atoms in total. The van der Waals surface area contributed by atoms with E-state index >= 15 is 0 Å². The van der Waals surface area contributed by atoms with Gasteiger partial charge in [0.15, 0.2) is 0 Å². The lowest BCUT2D eigenvalue weighted by Gasteiger charge is -2.34. The molecule has 0 saturated heterocycles. The van der Waals surface area contributed by atoms with Gasteiger partial charge in [-0.3, -0.25) is 9.59 Å². The maximum absolute atomic E-state index is 13.7. The molecule has 2 atom stereocenters. The minimum absolute atomic E-state index is 0.00450. The van der Waals surface area contributed by atoms with Gasteiger partial charge in [0.05, 0.1) is 0 Å².